The van der Waals surface area contributed by atoms with Crippen LogP contribution < -0.4 is 0 Å². The molecule has 4 N–H and O–H groups in total. The van der Waals surface area contributed by atoms with Crippen LogP contribution in [0.4, 0.5) is 0 Å². The molecule has 0 aromatic heterocycles. The number of aliphatic hydroxyl groups is 4. The Labute approximate surface area is 193 Å². The quantitative estimate of drug-likeness (QED) is 0.511. The van der Waals surface area contributed by atoms with E-state index in [1.807, 2.05) is 6.92 Å². The SMILES string of the molecule is CC(C)(O)CCC[C@](C)(O)[C@H]1CC[C@@]2(O)C3=CC(=O)[C@@H]4C[C@@H](O)CC[C@]4(C)[C@H]3CC[C@]12C. The zero-order valence-electron chi connectivity index (χ0n) is 20.7. The molecule has 0 saturated heterocycles. The van der Waals surface area contributed by atoms with E-state index in [4.69, 9.17) is 0 Å². The van der Waals surface area contributed by atoms with Gasteiger partial charge in [-0.3, -0.25) is 4.79 Å². The molecule has 3 saturated carbocycles. The van der Waals surface area contributed by atoms with Crippen molar-refractivity contribution in [1.82, 2.24) is 0 Å². The van der Waals surface area contributed by atoms with E-state index in [9.17, 15) is 25.2 Å². The number of hydrogen-bond acceptors (Lipinski definition) is 5. The third-order valence-corrected chi connectivity index (χ3v) is 10.3. The zero-order chi connectivity index (χ0) is 23.7. The number of ketones is 1. The molecule has 5 heteroatoms. The molecular formula is C27H44O5. The molecule has 4 aliphatic rings. The molecule has 5 nitrogen and oxygen atoms in total. The maximum Gasteiger partial charge on any atom is 0.159 e. The van der Waals surface area contributed by atoms with Gasteiger partial charge in [0.05, 0.1) is 22.9 Å². The Balaban J connectivity index is 1.63. The van der Waals surface area contributed by atoms with Gasteiger partial charge in [-0.25, -0.2) is 0 Å². The molecule has 0 aromatic carbocycles. The van der Waals surface area contributed by atoms with Gasteiger partial charge in [-0.05, 0) is 114 Å². The minimum absolute atomic E-state index is 0.0579. The lowest BCUT2D eigenvalue weighted by molar-refractivity contribution is -0.150. The monoisotopic (exact) mass is 448 g/mol. The fourth-order valence-corrected chi connectivity index (χ4v) is 8.37. The first kappa shape index (κ1) is 24.4. The van der Waals surface area contributed by atoms with Crippen LogP contribution in [0.15, 0.2) is 11.6 Å². The largest absolute Gasteiger partial charge is 0.393 e. The van der Waals surface area contributed by atoms with Gasteiger partial charge < -0.3 is 20.4 Å². The number of aliphatic hydroxyl groups excluding tert-OH is 1. The van der Waals surface area contributed by atoms with Crippen LogP contribution in [-0.2, 0) is 4.79 Å². The molecule has 32 heavy (non-hydrogen) atoms. The van der Waals surface area contributed by atoms with Crippen LogP contribution in [-0.4, -0.2) is 49.1 Å². The fraction of sp³-hybridized carbons (Fsp3) is 0.889. The fourth-order valence-electron chi connectivity index (χ4n) is 8.37. The molecule has 0 spiro atoms. The van der Waals surface area contributed by atoms with Crippen molar-refractivity contribution in [1.29, 1.82) is 0 Å². The second-order valence-corrected chi connectivity index (χ2v) is 13.0. The van der Waals surface area contributed by atoms with Crippen LogP contribution in [0, 0.1) is 28.6 Å². The average molecular weight is 449 g/mol. The molecule has 3 fully saturated rings. The summed E-state index contributed by atoms with van der Waals surface area (Å²) in [5.41, 5.74) is -2.53. The van der Waals surface area contributed by atoms with Crippen molar-refractivity contribution in [2.24, 2.45) is 28.6 Å². The number of rotatable bonds is 5. The van der Waals surface area contributed by atoms with E-state index in [0.717, 1.165) is 44.1 Å². The first-order chi connectivity index (χ1) is 14.6. The summed E-state index contributed by atoms with van der Waals surface area (Å²) in [5.74, 6) is 0.0118. The van der Waals surface area contributed by atoms with Gasteiger partial charge in [0, 0.05) is 11.3 Å². The molecule has 0 aliphatic heterocycles. The molecule has 0 heterocycles. The van der Waals surface area contributed by atoms with Crippen LogP contribution >= 0.6 is 0 Å². The highest BCUT2D eigenvalue weighted by Gasteiger charge is 2.67. The van der Waals surface area contributed by atoms with E-state index in [1.165, 1.54) is 0 Å². The van der Waals surface area contributed by atoms with E-state index in [-0.39, 0.29) is 29.0 Å². The van der Waals surface area contributed by atoms with E-state index in [2.05, 4.69) is 13.8 Å². The molecule has 182 valence electrons. The lowest BCUT2D eigenvalue weighted by atomic mass is 9.46. The molecule has 0 bridgehead atoms. The summed E-state index contributed by atoms with van der Waals surface area (Å²) in [6.45, 7) is 9.80. The van der Waals surface area contributed by atoms with Gasteiger partial charge in [0.15, 0.2) is 5.78 Å². The molecule has 0 radical (unpaired) electrons. The summed E-state index contributed by atoms with van der Waals surface area (Å²) in [5, 5.41) is 44.0. The molecular weight excluding hydrogens is 404 g/mol. The number of fused-ring (bicyclic) bond motifs is 5. The Morgan fingerprint density at radius 1 is 1.00 bits per heavy atom. The summed E-state index contributed by atoms with van der Waals surface area (Å²) in [6.07, 6.45) is 8.41. The Bertz CT molecular complexity index is 794. The number of allylic oxidation sites excluding steroid dienone is 1. The van der Waals surface area contributed by atoms with Gasteiger partial charge >= 0.3 is 0 Å². The summed E-state index contributed by atoms with van der Waals surface area (Å²) < 4.78 is 0. The van der Waals surface area contributed by atoms with Crippen molar-refractivity contribution >= 4 is 5.78 Å². The Morgan fingerprint density at radius 3 is 2.34 bits per heavy atom. The van der Waals surface area contributed by atoms with Gasteiger partial charge in [0.25, 0.3) is 0 Å². The maximum absolute atomic E-state index is 13.2. The average Bonchev–Trinajstić information content (AvgIpc) is 2.95. The van der Waals surface area contributed by atoms with Gasteiger partial charge in [0.2, 0.25) is 0 Å². The highest BCUT2D eigenvalue weighted by molar-refractivity contribution is 5.95. The second-order valence-electron chi connectivity index (χ2n) is 13.0. The van der Waals surface area contributed by atoms with Crippen molar-refractivity contribution < 1.29 is 25.2 Å². The van der Waals surface area contributed by atoms with E-state index < -0.39 is 28.3 Å². The van der Waals surface area contributed by atoms with Crippen LogP contribution in [0.25, 0.3) is 0 Å². The molecule has 8 atom stereocenters. The van der Waals surface area contributed by atoms with Gasteiger partial charge in [-0.2, -0.15) is 0 Å². The highest BCUT2D eigenvalue weighted by Crippen LogP contribution is 2.68. The van der Waals surface area contributed by atoms with Crippen molar-refractivity contribution in [3.63, 3.8) is 0 Å². The minimum atomic E-state index is -1.07. The first-order valence-corrected chi connectivity index (χ1v) is 12.8. The van der Waals surface area contributed by atoms with Crippen molar-refractivity contribution in [3.8, 4) is 0 Å². The highest BCUT2D eigenvalue weighted by atomic mass is 16.3. The summed E-state index contributed by atoms with van der Waals surface area (Å²) >= 11 is 0. The Hall–Kier alpha value is -0.750. The van der Waals surface area contributed by atoms with Gasteiger partial charge in [0.1, 0.15) is 0 Å². The predicted octanol–water partition coefficient (Wildman–Crippen LogP) is 3.91. The molecule has 0 aromatic rings. The van der Waals surface area contributed by atoms with E-state index >= 15 is 0 Å². The van der Waals surface area contributed by atoms with Gasteiger partial charge in [-0.1, -0.05) is 13.8 Å². The normalized spacial score (nSPS) is 46.0. The van der Waals surface area contributed by atoms with Crippen LogP contribution in [0.3, 0.4) is 0 Å². The topological polar surface area (TPSA) is 98.0 Å². The first-order valence-electron chi connectivity index (χ1n) is 12.8. The van der Waals surface area contributed by atoms with E-state index in [0.29, 0.717) is 25.7 Å². The standard InChI is InChI=1S/C27H44O5/c1-23(2,30)10-6-11-26(5,31)22-9-14-27(32)19-16-21(29)20-15-17(28)7-12-24(20,3)18(19)8-13-25(22,27)4/h16-18,20,22,28,30-32H,6-15H2,1-5H3/t17-,18-,20-,22-,24+,25+,26-,27+/m0/s1. The predicted molar refractivity (Wildman–Crippen MR) is 124 cm³/mol. The van der Waals surface area contributed by atoms with Gasteiger partial charge in [-0.15, -0.1) is 0 Å². The smallest absolute Gasteiger partial charge is 0.159 e. The zero-order valence-corrected chi connectivity index (χ0v) is 20.7. The summed E-state index contributed by atoms with van der Waals surface area (Å²) in [4.78, 5) is 13.2. The molecule has 4 rings (SSSR count). The van der Waals surface area contributed by atoms with Crippen molar-refractivity contribution in [2.45, 2.75) is 122 Å². The lowest BCUT2D eigenvalue weighted by Crippen LogP contribution is -2.60. The Morgan fingerprint density at radius 2 is 1.69 bits per heavy atom. The number of carbonyl (C=O) groups excluding carboxylic acids is 1. The minimum Gasteiger partial charge on any atom is -0.393 e. The number of carbonyl (C=O) groups is 1. The van der Waals surface area contributed by atoms with Crippen LogP contribution in [0.2, 0.25) is 0 Å². The van der Waals surface area contributed by atoms with Crippen molar-refractivity contribution in [3.05, 3.63) is 11.6 Å². The third kappa shape index (κ3) is 3.62. The molecule has 4 aliphatic carbocycles. The van der Waals surface area contributed by atoms with E-state index in [1.54, 1.807) is 19.9 Å². The molecule has 0 amide bonds. The van der Waals surface area contributed by atoms with Crippen molar-refractivity contribution in [2.75, 3.05) is 0 Å². The van der Waals surface area contributed by atoms with Crippen LogP contribution in [0.5, 0.6) is 0 Å². The summed E-state index contributed by atoms with van der Waals surface area (Å²) in [7, 11) is 0. The molecule has 0 unspecified atom stereocenters. The Kier molecular flexibility index (Phi) is 5.81. The summed E-state index contributed by atoms with van der Waals surface area (Å²) in [6, 6.07) is 0. The number of hydrogen-bond donors (Lipinski definition) is 4. The third-order valence-electron chi connectivity index (χ3n) is 10.3. The maximum atomic E-state index is 13.2. The van der Waals surface area contributed by atoms with Crippen LogP contribution in [0.1, 0.15) is 98.8 Å². The lowest BCUT2D eigenvalue weighted by Gasteiger charge is -2.60. The second kappa shape index (κ2) is 7.63.